The highest BCUT2D eigenvalue weighted by atomic mass is 79.9. The molecule has 1 amide bonds. The number of aliphatic hydroxyl groups is 1. The Labute approximate surface area is 117 Å². The molecule has 3 nitrogen and oxygen atoms in total. The topological polar surface area (TPSA) is 40.5 Å². The summed E-state index contributed by atoms with van der Waals surface area (Å²) in [5.41, 5.74) is 0.754. The molecule has 0 bridgehead atoms. The first-order valence-corrected chi connectivity index (χ1v) is 6.27. The summed E-state index contributed by atoms with van der Waals surface area (Å²) in [6.45, 7) is -0.612. The third-order valence-electron chi connectivity index (χ3n) is 2.53. The Balaban J connectivity index is 3.02. The third kappa shape index (κ3) is 4.50. The zero-order valence-electron chi connectivity index (χ0n) is 10.2. The standard InChI is InChI=1S/C12H13BrF3NO2/c1-8-9(3-2-4-10(8)13)11(19)17(5-6-18)7-12(14,15)16/h2-4,18H,5-7H2,1H3. The highest BCUT2D eigenvalue weighted by molar-refractivity contribution is 9.10. The Morgan fingerprint density at radius 3 is 2.58 bits per heavy atom. The highest BCUT2D eigenvalue weighted by Crippen LogP contribution is 2.23. The predicted molar refractivity (Wildman–Crippen MR) is 67.9 cm³/mol. The van der Waals surface area contributed by atoms with Gasteiger partial charge < -0.3 is 10.0 Å². The lowest BCUT2D eigenvalue weighted by Gasteiger charge is -2.24. The first kappa shape index (κ1) is 16.0. The summed E-state index contributed by atoms with van der Waals surface area (Å²) >= 11 is 3.22. The maximum Gasteiger partial charge on any atom is 0.406 e. The third-order valence-corrected chi connectivity index (χ3v) is 3.38. The average Bonchev–Trinajstić information content (AvgIpc) is 2.30. The molecule has 0 fully saturated rings. The van der Waals surface area contributed by atoms with Crippen molar-refractivity contribution in [3.05, 3.63) is 33.8 Å². The molecule has 0 radical (unpaired) electrons. The van der Waals surface area contributed by atoms with Crippen LogP contribution < -0.4 is 0 Å². The molecule has 0 aliphatic carbocycles. The van der Waals surface area contributed by atoms with Crippen LogP contribution in [-0.2, 0) is 0 Å². The molecule has 106 valence electrons. The van der Waals surface area contributed by atoms with Crippen LogP contribution in [0.2, 0.25) is 0 Å². The monoisotopic (exact) mass is 339 g/mol. The van der Waals surface area contributed by atoms with Crippen LogP contribution in [0.4, 0.5) is 13.2 Å². The number of halogens is 4. The fourth-order valence-electron chi connectivity index (χ4n) is 1.60. The second-order valence-electron chi connectivity index (χ2n) is 3.98. The van der Waals surface area contributed by atoms with Gasteiger partial charge in [0.05, 0.1) is 6.61 Å². The Kier molecular flexibility index (Phi) is 5.37. The molecule has 0 aliphatic heterocycles. The fraction of sp³-hybridized carbons (Fsp3) is 0.417. The van der Waals surface area contributed by atoms with Gasteiger partial charge in [-0.25, -0.2) is 0 Å². The molecule has 1 N–H and O–H groups in total. The average molecular weight is 340 g/mol. The van der Waals surface area contributed by atoms with Gasteiger partial charge in [0.1, 0.15) is 6.54 Å². The molecule has 0 unspecified atom stereocenters. The Morgan fingerprint density at radius 2 is 2.05 bits per heavy atom. The van der Waals surface area contributed by atoms with Crippen LogP contribution in [0.15, 0.2) is 22.7 Å². The zero-order valence-corrected chi connectivity index (χ0v) is 11.8. The number of carbonyl (C=O) groups is 1. The Bertz CT molecular complexity index is 463. The lowest BCUT2D eigenvalue weighted by molar-refractivity contribution is -0.141. The van der Waals surface area contributed by atoms with E-state index in [-0.39, 0.29) is 12.1 Å². The summed E-state index contributed by atoms with van der Waals surface area (Å²) in [6, 6.07) is 4.74. The Hall–Kier alpha value is -1.08. The van der Waals surface area contributed by atoms with Crippen molar-refractivity contribution in [1.82, 2.24) is 4.90 Å². The fourth-order valence-corrected chi connectivity index (χ4v) is 1.97. The van der Waals surface area contributed by atoms with Crippen LogP contribution in [0.25, 0.3) is 0 Å². The van der Waals surface area contributed by atoms with Crippen molar-refractivity contribution in [2.45, 2.75) is 13.1 Å². The SMILES string of the molecule is Cc1c(Br)cccc1C(=O)N(CCO)CC(F)(F)F. The van der Waals surface area contributed by atoms with E-state index in [1.165, 1.54) is 6.07 Å². The summed E-state index contributed by atoms with van der Waals surface area (Å²) in [6.07, 6.45) is -4.50. The lowest BCUT2D eigenvalue weighted by atomic mass is 10.1. The van der Waals surface area contributed by atoms with Gasteiger partial charge in [0.25, 0.3) is 5.91 Å². The number of carbonyl (C=O) groups excluding carboxylic acids is 1. The molecule has 0 atom stereocenters. The van der Waals surface area contributed by atoms with Crippen molar-refractivity contribution in [3.63, 3.8) is 0 Å². The van der Waals surface area contributed by atoms with Crippen LogP contribution in [0.3, 0.4) is 0 Å². The van der Waals surface area contributed by atoms with Gasteiger partial charge in [0.2, 0.25) is 0 Å². The van der Waals surface area contributed by atoms with E-state index < -0.39 is 25.2 Å². The van der Waals surface area contributed by atoms with Crippen LogP contribution in [0.1, 0.15) is 15.9 Å². The maximum absolute atomic E-state index is 12.4. The summed E-state index contributed by atoms with van der Waals surface area (Å²) in [7, 11) is 0. The van der Waals surface area contributed by atoms with Crippen molar-refractivity contribution in [2.24, 2.45) is 0 Å². The molecule has 7 heteroatoms. The van der Waals surface area contributed by atoms with Crippen molar-refractivity contribution >= 4 is 21.8 Å². The summed E-state index contributed by atoms with van der Waals surface area (Å²) in [5, 5.41) is 8.78. The number of benzene rings is 1. The number of aliphatic hydroxyl groups excluding tert-OH is 1. The molecule has 0 aromatic heterocycles. The quantitative estimate of drug-likeness (QED) is 0.916. The zero-order chi connectivity index (χ0) is 14.6. The van der Waals surface area contributed by atoms with E-state index >= 15 is 0 Å². The van der Waals surface area contributed by atoms with Crippen LogP contribution in [0, 0.1) is 6.92 Å². The van der Waals surface area contributed by atoms with Gasteiger partial charge in [-0.2, -0.15) is 13.2 Å². The van der Waals surface area contributed by atoms with E-state index in [9.17, 15) is 18.0 Å². The van der Waals surface area contributed by atoms with Crippen LogP contribution >= 0.6 is 15.9 Å². The van der Waals surface area contributed by atoms with E-state index in [1.54, 1.807) is 19.1 Å². The van der Waals surface area contributed by atoms with Gasteiger partial charge >= 0.3 is 6.18 Å². The van der Waals surface area contributed by atoms with Gasteiger partial charge in [-0.3, -0.25) is 4.79 Å². The van der Waals surface area contributed by atoms with Gasteiger partial charge in [0, 0.05) is 16.6 Å². The van der Waals surface area contributed by atoms with Crippen molar-refractivity contribution < 1.29 is 23.1 Å². The van der Waals surface area contributed by atoms with E-state index in [2.05, 4.69) is 15.9 Å². The van der Waals surface area contributed by atoms with Gasteiger partial charge in [0.15, 0.2) is 0 Å². The van der Waals surface area contributed by atoms with Gasteiger partial charge in [-0.05, 0) is 24.6 Å². The summed E-state index contributed by atoms with van der Waals surface area (Å²) in [4.78, 5) is 12.7. The van der Waals surface area contributed by atoms with E-state index in [0.717, 1.165) is 0 Å². The van der Waals surface area contributed by atoms with Gasteiger partial charge in [-0.1, -0.05) is 22.0 Å². The molecule has 1 aromatic carbocycles. The molecule has 1 aromatic rings. The maximum atomic E-state index is 12.4. The number of nitrogens with zero attached hydrogens (tertiary/aromatic N) is 1. The molecule has 0 saturated carbocycles. The normalized spacial score (nSPS) is 11.5. The van der Waals surface area contributed by atoms with E-state index in [1.807, 2.05) is 0 Å². The number of hydrogen-bond donors (Lipinski definition) is 1. The minimum atomic E-state index is -4.50. The highest BCUT2D eigenvalue weighted by Gasteiger charge is 2.33. The summed E-state index contributed by atoms with van der Waals surface area (Å²) in [5.74, 6) is -0.745. The Morgan fingerprint density at radius 1 is 1.42 bits per heavy atom. The molecule has 0 spiro atoms. The largest absolute Gasteiger partial charge is 0.406 e. The summed E-state index contributed by atoms with van der Waals surface area (Å²) < 4.78 is 37.8. The second kappa shape index (κ2) is 6.38. The first-order valence-electron chi connectivity index (χ1n) is 5.48. The number of amides is 1. The minimum Gasteiger partial charge on any atom is -0.395 e. The molecule has 0 saturated heterocycles. The second-order valence-corrected chi connectivity index (χ2v) is 4.83. The van der Waals surface area contributed by atoms with Crippen molar-refractivity contribution in [1.29, 1.82) is 0 Å². The van der Waals surface area contributed by atoms with E-state index in [4.69, 9.17) is 5.11 Å². The first-order chi connectivity index (χ1) is 8.76. The van der Waals surface area contributed by atoms with Gasteiger partial charge in [-0.15, -0.1) is 0 Å². The number of alkyl halides is 3. The molecule has 1 rings (SSSR count). The van der Waals surface area contributed by atoms with Crippen molar-refractivity contribution in [2.75, 3.05) is 19.7 Å². The van der Waals surface area contributed by atoms with Crippen LogP contribution in [0.5, 0.6) is 0 Å². The number of hydrogen-bond acceptors (Lipinski definition) is 2. The number of rotatable bonds is 4. The molecule has 0 heterocycles. The minimum absolute atomic E-state index is 0.187. The van der Waals surface area contributed by atoms with Crippen molar-refractivity contribution in [3.8, 4) is 0 Å². The van der Waals surface area contributed by atoms with E-state index in [0.29, 0.717) is 14.9 Å². The predicted octanol–water partition coefficient (Wildman–Crippen LogP) is 2.75. The molecule has 19 heavy (non-hydrogen) atoms. The molecular formula is C12H13BrF3NO2. The smallest absolute Gasteiger partial charge is 0.395 e. The van der Waals surface area contributed by atoms with Crippen LogP contribution in [-0.4, -0.2) is 41.8 Å². The molecular weight excluding hydrogens is 327 g/mol. The lowest BCUT2D eigenvalue weighted by Crippen LogP contribution is -2.40. The molecule has 0 aliphatic rings.